The van der Waals surface area contributed by atoms with E-state index in [1.54, 1.807) is 0 Å². The Hall–Kier alpha value is -2.15. The van der Waals surface area contributed by atoms with Crippen molar-refractivity contribution < 1.29 is 14.4 Å². The third-order valence-corrected chi connectivity index (χ3v) is 6.51. The van der Waals surface area contributed by atoms with E-state index in [0.29, 0.717) is 19.5 Å². The summed E-state index contributed by atoms with van der Waals surface area (Å²) in [6, 6.07) is 8.15. The van der Waals surface area contributed by atoms with E-state index in [0.717, 1.165) is 41.1 Å². The number of carbonyl (C=O) groups excluding carboxylic acids is 3. The molecule has 1 spiro atoms. The van der Waals surface area contributed by atoms with Gasteiger partial charge in [0.05, 0.1) is 5.41 Å². The Labute approximate surface area is 172 Å². The molecule has 7 heteroatoms. The van der Waals surface area contributed by atoms with Crippen LogP contribution in [0.1, 0.15) is 38.5 Å². The van der Waals surface area contributed by atoms with Crippen molar-refractivity contribution >= 4 is 44.6 Å². The molecule has 2 fully saturated rings. The van der Waals surface area contributed by atoms with E-state index >= 15 is 0 Å². The molecule has 0 bridgehead atoms. The quantitative estimate of drug-likeness (QED) is 0.693. The van der Waals surface area contributed by atoms with E-state index in [4.69, 9.17) is 0 Å². The van der Waals surface area contributed by atoms with Crippen LogP contribution in [0.15, 0.2) is 34.9 Å². The third kappa shape index (κ3) is 3.60. The molecule has 0 radical (unpaired) electrons. The van der Waals surface area contributed by atoms with Crippen molar-refractivity contribution in [2.45, 2.75) is 45.1 Å². The molecule has 0 atom stereocenters. The van der Waals surface area contributed by atoms with Crippen molar-refractivity contribution in [1.82, 2.24) is 14.8 Å². The molecule has 6 nitrogen and oxygen atoms in total. The second-order valence-corrected chi connectivity index (χ2v) is 8.74. The van der Waals surface area contributed by atoms with E-state index in [9.17, 15) is 14.4 Å². The molecule has 1 aliphatic heterocycles. The standard InChI is InChI=1S/C21H24BrN3O3/c22-16-3-4-17-15(13-16)5-10-24(17)12-9-23-18(26)6-11-25-19(27)14-21(20(25)28)7-1-2-8-21/h3-5,10,13H,1-2,6-9,11-12,14H2,(H,23,26). The summed E-state index contributed by atoms with van der Waals surface area (Å²) in [5, 5.41) is 4.04. The fraction of sp³-hybridized carbons (Fsp3) is 0.476. The maximum Gasteiger partial charge on any atom is 0.235 e. The van der Waals surface area contributed by atoms with Gasteiger partial charge >= 0.3 is 0 Å². The summed E-state index contributed by atoms with van der Waals surface area (Å²) < 4.78 is 3.14. The first-order chi connectivity index (χ1) is 13.5. The summed E-state index contributed by atoms with van der Waals surface area (Å²) in [5.41, 5.74) is 0.658. The fourth-order valence-electron chi connectivity index (χ4n) is 4.51. The molecule has 1 aromatic carbocycles. The number of nitrogens with one attached hydrogen (secondary N) is 1. The van der Waals surface area contributed by atoms with Gasteiger partial charge in [-0.05, 0) is 37.1 Å². The first kappa shape index (κ1) is 19.2. The van der Waals surface area contributed by atoms with Gasteiger partial charge in [0, 0.05) is 54.0 Å². The summed E-state index contributed by atoms with van der Waals surface area (Å²) in [5.74, 6) is -0.315. The number of imide groups is 1. The molecule has 28 heavy (non-hydrogen) atoms. The Bertz CT molecular complexity index is 930. The van der Waals surface area contributed by atoms with E-state index in [1.807, 2.05) is 24.4 Å². The molecule has 1 aliphatic carbocycles. The number of rotatable bonds is 6. The summed E-state index contributed by atoms with van der Waals surface area (Å²) >= 11 is 3.47. The van der Waals surface area contributed by atoms with Crippen LogP contribution in [0.3, 0.4) is 0 Å². The van der Waals surface area contributed by atoms with Crippen molar-refractivity contribution in [3.05, 3.63) is 34.9 Å². The molecule has 2 heterocycles. The molecular formula is C21H24BrN3O3. The highest BCUT2D eigenvalue weighted by Crippen LogP contribution is 2.46. The van der Waals surface area contributed by atoms with Crippen LogP contribution in [0.4, 0.5) is 0 Å². The lowest BCUT2D eigenvalue weighted by atomic mass is 9.84. The topological polar surface area (TPSA) is 71.4 Å². The smallest absolute Gasteiger partial charge is 0.235 e. The van der Waals surface area contributed by atoms with E-state index in [2.05, 4.69) is 31.9 Å². The van der Waals surface area contributed by atoms with Crippen LogP contribution in [0.2, 0.25) is 0 Å². The highest BCUT2D eigenvalue weighted by atomic mass is 79.9. The molecule has 1 saturated heterocycles. The highest BCUT2D eigenvalue weighted by Gasteiger charge is 2.52. The molecule has 3 amide bonds. The molecule has 148 valence electrons. The van der Waals surface area contributed by atoms with Gasteiger partial charge in [-0.25, -0.2) is 0 Å². The van der Waals surface area contributed by atoms with Gasteiger partial charge in [0.2, 0.25) is 17.7 Å². The maximum absolute atomic E-state index is 12.6. The fourth-order valence-corrected chi connectivity index (χ4v) is 4.89. The number of likely N-dealkylation sites (tertiary alicyclic amines) is 1. The normalized spacial score (nSPS) is 18.5. The van der Waals surface area contributed by atoms with Gasteiger partial charge in [-0.3, -0.25) is 19.3 Å². The summed E-state index contributed by atoms with van der Waals surface area (Å²) in [6.07, 6.45) is 6.13. The van der Waals surface area contributed by atoms with Crippen LogP contribution < -0.4 is 5.32 Å². The first-order valence-corrected chi connectivity index (χ1v) is 10.6. The Kier molecular flexibility index (Phi) is 5.27. The summed E-state index contributed by atoms with van der Waals surface area (Å²) in [6.45, 7) is 1.36. The van der Waals surface area contributed by atoms with Gasteiger partial charge in [0.25, 0.3) is 0 Å². The van der Waals surface area contributed by atoms with Crippen LogP contribution in [-0.2, 0) is 20.9 Å². The van der Waals surface area contributed by atoms with Gasteiger partial charge in [-0.1, -0.05) is 28.8 Å². The number of hydrogen-bond donors (Lipinski definition) is 1. The van der Waals surface area contributed by atoms with Crippen molar-refractivity contribution in [3.63, 3.8) is 0 Å². The number of benzene rings is 1. The number of aromatic nitrogens is 1. The molecule has 1 aromatic heterocycles. The van der Waals surface area contributed by atoms with Gasteiger partial charge in [0.15, 0.2) is 0 Å². The Balaban J connectivity index is 1.26. The van der Waals surface area contributed by atoms with Crippen LogP contribution >= 0.6 is 15.9 Å². The lowest BCUT2D eigenvalue weighted by Gasteiger charge is -2.20. The second kappa shape index (κ2) is 7.70. The molecular weight excluding hydrogens is 422 g/mol. The molecule has 1 N–H and O–H groups in total. The predicted octanol–water partition coefficient (Wildman–Crippen LogP) is 3.23. The number of amides is 3. The van der Waals surface area contributed by atoms with E-state index < -0.39 is 5.41 Å². The lowest BCUT2D eigenvalue weighted by molar-refractivity contribution is -0.141. The molecule has 2 aliphatic rings. The minimum Gasteiger partial charge on any atom is -0.354 e. The SMILES string of the molecule is O=C(CCN1C(=O)CC2(CCCC2)C1=O)NCCn1ccc2cc(Br)ccc21. The Morgan fingerprint density at radius 1 is 1.14 bits per heavy atom. The largest absolute Gasteiger partial charge is 0.354 e. The number of nitrogens with zero attached hydrogens (tertiary/aromatic N) is 2. The Morgan fingerprint density at radius 3 is 2.71 bits per heavy atom. The number of halogens is 1. The van der Waals surface area contributed by atoms with Crippen molar-refractivity contribution in [2.75, 3.05) is 13.1 Å². The zero-order valence-corrected chi connectivity index (χ0v) is 17.3. The van der Waals surface area contributed by atoms with Crippen molar-refractivity contribution in [3.8, 4) is 0 Å². The second-order valence-electron chi connectivity index (χ2n) is 7.83. The molecule has 4 rings (SSSR count). The van der Waals surface area contributed by atoms with Crippen molar-refractivity contribution in [2.24, 2.45) is 5.41 Å². The average Bonchev–Trinajstić information content (AvgIpc) is 3.34. The minimum absolute atomic E-state index is 0.0622. The molecule has 1 saturated carbocycles. The first-order valence-electron chi connectivity index (χ1n) is 9.84. The number of carbonyl (C=O) groups is 3. The van der Waals surface area contributed by atoms with Gasteiger partial charge < -0.3 is 9.88 Å². The maximum atomic E-state index is 12.6. The van der Waals surface area contributed by atoms with Gasteiger partial charge in [-0.2, -0.15) is 0 Å². The molecule has 0 unspecified atom stereocenters. The number of fused-ring (bicyclic) bond motifs is 1. The third-order valence-electron chi connectivity index (χ3n) is 6.02. The van der Waals surface area contributed by atoms with E-state index in [1.165, 1.54) is 4.90 Å². The van der Waals surface area contributed by atoms with E-state index in [-0.39, 0.29) is 30.7 Å². The minimum atomic E-state index is -0.460. The van der Waals surface area contributed by atoms with Crippen molar-refractivity contribution in [1.29, 1.82) is 0 Å². The Morgan fingerprint density at radius 2 is 1.93 bits per heavy atom. The average molecular weight is 446 g/mol. The van der Waals surface area contributed by atoms with Crippen LogP contribution in [0, 0.1) is 5.41 Å². The lowest BCUT2D eigenvalue weighted by Crippen LogP contribution is -2.37. The van der Waals surface area contributed by atoms with Crippen LogP contribution in [-0.4, -0.2) is 40.3 Å². The zero-order valence-electron chi connectivity index (χ0n) is 15.7. The molecule has 2 aromatic rings. The zero-order chi connectivity index (χ0) is 19.7. The summed E-state index contributed by atoms with van der Waals surface area (Å²) in [7, 11) is 0. The predicted molar refractivity (Wildman–Crippen MR) is 110 cm³/mol. The highest BCUT2D eigenvalue weighted by molar-refractivity contribution is 9.10. The van der Waals surface area contributed by atoms with Gasteiger partial charge in [0.1, 0.15) is 0 Å². The summed E-state index contributed by atoms with van der Waals surface area (Å²) in [4.78, 5) is 38.4. The van der Waals surface area contributed by atoms with Gasteiger partial charge in [-0.15, -0.1) is 0 Å². The van der Waals surface area contributed by atoms with Crippen LogP contribution in [0.5, 0.6) is 0 Å². The monoisotopic (exact) mass is 445 g/mol. The number of hydrogen-bond acceptors (Lipinski definition) is 3. The van der Waals surface area contributed by atoms with Crippen LogP contribution in [0.25, 0.3) is 10.9 Å².